The maximum atomic E-state index is 11.8. The Morgan fingerprint density at radius 1 is 1.05 bits per heavy atom. The summed E-state index contributed by atoms with van der Waals surface area (Å²) < 4.78 is 5.22. The van der Waals surface area contributed by atoms with Gasteiger partial charge in [0.15, 0.2) is 0 Å². The van der Waals surface area contributed by atoms with Gasteiger partial charge in [0.2, 0.25) is 5.91 Å². The smallest absolute Gasteiger partial charge is 0.238 e. The summed E-state index contributed by atoms with van der Waals surface area (Å²) in [5, 5.41) is 0. The highest BCUT2D eigenvalue weighted by atomic mass is 16.5. The van der Waals surface area contributed by atoms with E-state index in [4.69, 9.17) is 4.74 Å². The molecule has 2 aromatic rings. The monoisotopic (exact) mass is 270 g/mol. The van der Waals surface area contributed by atoms with E-state index in [0.29, 0.717) is 6.54 Å². The van der Waals surface area contributed by atoms with Crippen LogP contribution < -0.4 is 15.6 Å². The summed E-state index contributed by atoms with van der Waals surface area (Å²) >= 11 is 0. The average molecular weight is 270 g/mol. The minimum Gasteiger partial charge on any atom is -0.496 e. The third-order valence-corrected chi connectivity index (χ3v) is 2.91. The first-order chi connectivity index (χ1) is 9.79. The summed E-state index contributed by atoms with van der Waals surface area (Å²) in [7, 11) is 1.60. The zero-order valence-corrected chi connectivity index (χ0v) is 11.4. The van der Waals surface area contributed by atoms with Crippen molar-refractivity contribution in [3.8, 4) is 5.75 Å². The molecule has 0 spiro atoms. The molecular weight excluding hydrogens is 252 g/mol. The molecule has 0 bridgehead atoms. The van der Waals surface area contributed by atoms with E-state index in [1.807, 2.05) is 54.6 Å². The van der Waals surface area contributed by atoms with Crippen LogP contribution in [0.15, 0.2) is 54.6 Å². The molecule has 0 heterocycles. The summed E-state index contributed by atoms with van der Waals surface area (Å²) in [6.45, 7) is 0.596. The molecule has 0 fully saturated rings. The van der Waals surface area contributed by atoms with E-state index in [2.05, 4.69) is 10.9 Å². The quantitative estimate of drug-likeness (QED) is 0.790. The van der Waals surface area contributed by atoms with Gasteiger partial charge in [-0.15, -0.1) is 0 Å². The second-order valence-electron chi connectivity index (χ2n) is 4.38. The van der Waals surface area contributed by atoms with Gasteiger partial charge in [-0.05, 0) is 11.6 Å². The third-order valence-electron chi connectivity index (χ3n) is 2.91. The molecule has 0 radical (unpaired) electrons. The van der Waals surface area contributed by atoms with Crippen LogP contribution in [0.5, 0.6) is 5.75 Å². The number of carbonyl (C=O) groups excluding carboxylic acids is 1. The number of para-hydroxylation sites is 1. The molecule has 4 nitrogen and oxygen atoms in total. The second-order valence-corrected chi connectivity index (χ2v) is 4.38. The number of amides is 1. The fourth-order valence-electron chi connectivity index (χ4n) is 1.91. The van der Waals surface area contributed by atoms with Crippen molar-refractivity contribution < 1.29 is 9.53 Å². The number of methoxy groups -OCH3 is 1. The normalized spacial score (nSPS) is 10.1. The zero-order chi connectivity index (χ0) is 14.2. The van der Waals surface area contributed by atoms with Gasteiger partial charge in [0.25, 0.3) is 0 Å². The number of carbonyl (C=O) groups is 1. The SMILES string of the molecule is COc1ccccc1CC(=O)NNCc1ccccc1. The van der Waals surface area contributed by atoms with Crippen LogP contribution in [0.1, 0.15) is 11.1 Å². The van der Waals surface area contributed by atoms with Gasteiger partial charge in [-0.1, -0.05) is 48.5 Å². The second kappa shape index (κ2) is 7.31. The van der Waals surface area contributed by atoms with E-state index in [1.165, 1.54) is 0 Å². The van der Waals surface area contributed by atoms with E-state index < -0.39 is 0 Å². The van der Waals surface area contributed by atoms with Gasteiger partial charge < -0.3 is 4.74 Å². The van der Waals surface area contributed by atoms with Crippen LogP contribution in [0.4, 0.5) is 0 Å². The highest BCUT2D eigenvalue weighted by molar-refractivity contribution is 5.78. The molecule has 0 aromatic heterocycles. The van der Waals surface area contributed by atoms with E-state index in [9.17, 15) is 4.79 Å². The van der Waals surface area contributed by atoms with E-state index in [1.54, 1.807) is 7.11 Å². The number of benzene rings is 2. The van der Waals surface area contributed by atoms with Crippen molar-refractivity contribution in [3.05, 3.63) is 65.7 Å². The summed E-state index contributed by atoms with van der Waals surface area (Å²) in [6, 6.07) is 17.4. The fourth-order valence-corrected chi connectivity index (χ4v) is 1.91. The van der Waals surface area contributed by atoms with Crippen molar-refractivity contribution in [2.24, 2.45) is 0 Å². The van der Waals surface area contributed by atoms with Crippen molar-refractivity contribution in [1.82, 2.24) is 10.9 Å². The Bertz CT molecular complexity index is 555. The molecular formula is C16H18N2O2. The number of hydrogen-bond acceptors (Lipinski definition) is 3. The number of nitrogens with one attached hydrogen (secondary N) is 2. The lowest BCUT2D eigenvalue weighted by Gasteiger charge is -2.09. The minimum absolute atomic E-state index is 0.0922. The molecule has 0 aliphatic rings. The van der Waals surface area contributed by atoms with Crippen molar-refractivity contribution in [3.63, 3.8) is 0 Å². The lowest BCUT2D eigenvalue weighted by atomic mass is 10.1. The third kappa shape index (κ3) is 4.10. The molecule has 0 saturated heterocycles. The average Bonchev–Trinajstić information content (AvgIpc) is 2.49. The summed E-state index contributed by atoms with van der Waals surface area (Å²) in [4.78, 5) is 11.8. The summed E-state index contributed by atoms with van der Waals surface area (Å²) in [6.07, 6.45) is 0.284. The maximum absolute atomic E-state index is 11.8. The number of rotatable bonds is 6. The fraction of sp³-hybridized carbons (Fsp3) is 0.188. The van der Waals surface area contributed by atoms with E-state index >= 15 is 0 Å². The molecule has 4 heteroatoms. The molecule has 0 aliphatic carbocycles. The molecule has 0 unspecified atom stereocenters. The van der Waals surface area contributed by atoms with Crippen LogP contribution in [0.3, 0.4) is 0 Å². The van der Waals surface area contributed by atoms with Crippen molar-refractivity contribution in [2.75, 3.05) is 7.11 Å². The summed E-state index contributed by atoms with van der Waals surface area (Å²) in [5.74, 6) is 0.635. The van der Waals surface area contributed by atoms with Gasteiger partial charge in [0.1, 0.15) is 5.75 Å². The van der Waals surface area contributed by atoms with Crippen LogP contribution >= 0.6 is 0 Å². The predicted molar refractivity (Wildman–Crippen MR) is 78.1 cm³/mol. The molecule has 1 amide bonds. The van der Waals surface area contributed by atoms with Crippen molar-refractivity contribution >= 4 is 5.91 Å². The molecule has 104 valence electrons. The number of ether oxygens (including phenoxy) is 1. The molecule has 2 rings (SSSR count). The van der Waals surface area contributed by atoms with Crippen LogP contribution in [0.25, 0.3) is 0 Å². The van der Waals surface area contributed by atoms with Crippen LogP contribution in [-0.4, -0.2) is 13.0 Å². The predicted octanol–water partition coefficient (Wildman–Crippen LogP) is 2.06. The number of hydrogen-bond donors (Lipinski definition) is 2. The summed E-state index contributed by atoms with van der Waals surface area (Å²) in [5.41, 5.74) is 7.59. The highest BCUT2D eigenvalue weighted by Crippen LogP contribution is 2.17. The van der Waals surface area contributed by atoms with Gasteiger partial charge in [-0.2, -0.15) is 0 Å². The van der Waals surface area contributed by atoms with Crippen LogP contribution in [-0.2, 0) is 17.8 Å². The molecule has 0 saturated carbocycles. The molecule has 0 atom stereocenters. The highest BCUT2D eigenvalue weighted by Gasteiger charge is 2.07. The zero-order valence-electron chi connectivity index (χ0n) is 11.4. The van der Waals surface area contributed by atoms with Gasteiger partial charge >= 0.3 is 0 Å². The Morgan fingerprint density at radius 2 is 1.75 bits per heavy atom. The van der Waals surface area contributed by atoms with Gasteiger partial charge in [0, 0.05) is 12.1 Å². The first-order valence-electron chi connectivity index (χ1n) is 6.47. The first kappa shape index (κ1) is 14.1. The lowest BCUT2D eigenvalue weighted by Crippen LogP contribution is -2.37. The first-order valence-corrected chi connectivity index (χ1v) is 6.47. The molecule has 2 aromatic carbocycles. The van der Waals surface area contributed by atoms with E-state index in [-0.39, 0.29) is 12.3 Å². The Hall–Kier alpha value is -2.33. The Kier molecular flexibility index (Phi) is 5.15. The van der Waals surface area contributed by atoms with Crippen molar-refractivity contribution in [2.45, 2.75) is 13.0 Å². The van der Waals surface area contributed by atoms with Crippen LogP contribution in [0, 0.1) is 0 Å². The van der Waals surface area contributed by atoms with E-state index in [0.717, 1.165) is 16.9 Å². The number of hydrazine groups is 1. The Balaban J connectivity index is 1.81. The van der Waals surface area contributed by atoms with Gasteiger partial charge in [-0.3, -0.25) is 10.2 Å². The largest absolute Gasteiger partial charge is 0.496 e. The van der Waals surface area contributed by atoms with Gasteiger partial charge in [-0.25, -0.2) is 5.43 Å². The van der Waals surface area contributed by atoms with Crippen LogP contribution in [0.2, 0.25) is 0 Å². The maximum Gasteiger partial charge on any atom is 0.238 e. The van der Waals surface area contributed by atoms with Gasteiger partial charge in [0.05, 0.1) is 13.5 Å². The standard InChI is InChI=1S/C16H18N2O2/c1-20-15-10-6-5-9-14(15)11-16(19)18-17-12-13-7-3-2-4-8-13/h2-10,17H,11-12H2,1H3,(H,18,19). The molecule has 0 aliphatic heterocycles. The van der Waals surface area contributed by atoms with Crippen molar-refractivity contribution in [1.29, 1.82) is 0 Å². The molecule has 20 heavy (non-hydrogen) atoms. The lowest BCUT2D eigenvalue weighted by molar-refractivity contribution is -0.121. The minimum atomic E-state index is -0.0922. The molecule has 2 N–H and O–H groups in total. The Labute approximate surface area is 118 Å². The Morgan fingerprint density at radius 3 is 2.50 bits per heavy atom. The topological polar surface area (TPSA) is 50.4 Å².